The molecule has 28 heavy (non-hydrogen) atoms. The lowest BCUT2D eigenvalue weighted by molar-refractivity contribution is 0.000492. The molecule has 0 saturated carbocycles. The normalized spacial score (nSPS) is 20.9. The summed E-state index contributed by atoms with van der Waals surface area (Å²) in [7, 11) is 0. The number of phenols is 2. The zero-order chi connectivity index (χ0) is 20.5. The second-order valence-corrected chi connectivity index (χ2v) is 7.43. The van der Waals surface area contributed by atoms with Gasteiger partial charge in [-0.1, -0.05) is 26.0 Å². The van der Waals surface area contributed by atoms with Crippen LogP contribution in [0.15, 0.2) is 24.3 Å². The second kappa shape index (κ2) is 5.59. The first-order valence-corrected chi connectivity index (χ1v) is 8.71. The van der Waals surface area contributed by atoms with Crippen molar-refractivity contribution < 1.29 is 34.5 Å². The van der Waals surface area contributed by atoms with Crippen LogP contribution in [0.2, 0.25) is 0 Å². The van der Waals surface area contributed by atoms with E-state index in [-0.39, 0.29) is 27.8 Å². The molecule has 2 aromatic rings. The van der Waals surface area contributed by atoms with Crippen molar-refractivity contribution in [2.75, 3.05) is 0 Å². The Bertz CT molecular complexity index is 1130. The average Bonchev–Trinajstić information content (AvgIpc) is 2.63. The fourth-order valence-corrected chi connectivity index (χ4v) is 3.94. The zero-order valence-electron chi connectivity index (χ0n) is 15.1. The van der Waals surface area contributed by atoms with Crippen molar-refractivity contribution in [1.82, 2.24) is 0 Å². The van der Waals surface area contributed by atoms with Gasteiger partial charge in [0.1, 0.15) is 17.1 Å². The molecule has 0 aromatic heterocycles. The number of aliphatic hydroxyl groups is 1. The van der Waals surface area contributed by atoms with Gasteiger partial charge < -0.3 is 15.3 Å². The predicted octanol–water partition coefficient (Wildman–Crippen LogP) is 2.03. The highest BCUT2D eigenvalue weighted by molar-refractivity contribution is 6.34. The molecule has 0 radical (unpaired) electrons. The zero-order valence-corrected chi connectivity index (χ0v) is 15.1. The van der Waals surface area contributed by atoms with Gasteiger partial charge in [-0.2, -0.15) is 0 Å². The van der Waals surface area contributed by atoms with Gasteiger partial charge in [0.25, 0.3) is 0 Å². The molecule has 0 unspecified atom stereocenters. The van der Waals surface area contributed by atoms with Crippen LogP contribution in [0.4, 0.5) is 0 Å². The van der Waals surface area contributed by atoms with Crippen LogP contribution in [0.25, 0.3) is 0 Å². The van der Waals surface area contributed by atoms with Gasteiger partial charge in [-0.15, -0.1) is 0 Å². The number of phenolic OH excluding ortho intramolecular Hbond substituents is 2. The molecule has 0 saturated heterocycles. The fourth-order valence-electron chi connectivity index (χ4n) is 3.94. The van der Waals surface area contributed by atoms with E-state index in [9.17, 15) is 34.5 Å². The molecule has 0 fully saturated rings. The topological polar surface area (TPSA) is 129 Å². The molecule has 2 aliphatic rings. The van der Waals surface area contributed by atoms with Crippen molar-refractivity contribution in [1.29, 1.82) is 0 Å². The van der Waals surface area contributed by atoms with Crippen LogP contribution in [0.1, 0.15) is 72.8 Å². The molecule has 7 nitrogen and oxygen atoms in total. The van der Waals surface area contributed by atoms with Gasteiger partial charge in [0.2, 0.25) is 5.78 Å². The van der Waals surface area contributed by atoms with E-state index >= 15 is 0 Å². The molecular formula is C21H16O7. The summed E-state index contributed by atoms with van der Waals surface area (Å²) in [5, 5.41) is 31.1. The molecule has 2 aromatic carbocycles. The summed E-state index contributed by atoms with van der Waals surface area (Å²) in [5.74, 6) is -4.66. The van der Waals surface area contributed by atoms with Gasteiger partial charge >= 0.3 is 0 Å². The Hall–Kier alpha value is -3.32. The molecule has 0 aliphatic heterocycles. The lowest BCUT2D eigenvalue weighted by Crippen LogP contribution is -2.49. The van der Waals surface area contributed by atoms with Crippen molar-refractivity contribution in [3.05, 3.63) is 57.6 Å². The van der Waals surface area contributed by atoms with Crippen LogP contribution in [0, 0.1) is 5.92 Å². The number of aromatic hydroxyl groups is 2. The number of benzene rings is 2. The Morgan fingerprint density at radius 2 is 1.54 bits per heavy atom. The molecule has 0 amide bonds. The van der Waals surface area contributed by atoms with Crippen LogP contribution in [-0.4, -0.2) is 44.1 Å². The maximum Gasteiger partial charge on any atom is 0.201 e. The molecule has 0 heterocycles. The highest BCUT2D eigenvalue weighted by atomic mass is 16.3. The fraction of sp³-hybridized carbons (Fsp3) is 0.238. The van der Waals surface area contributed by atoms with Crippen LogP contribution in [0.3, 0.4) is 0 Å². The number of fused-ring (bicyclic) bond motifs is 4. The standard InChI is InChI=1S/C21H16O7/c1-8(2)21(28)7-13(24)14-10(20(21)27)6-12(23)16-17(14)18(25)9-4-3-5-11(22)15(9)19(16)26/h3-6,8,22-23,28H,7H2,1-2H3/t21-/m0/s1. The number of hydrogen-bond donors (Lipinski definition) is 3. The maximum absolute atomic E-state index is 13.1. The summed E-state index contributed by atoms with van der Waals surface area (Å²) in [5.41, 5.74) is -3.67. The Morgan fingerprint density at radius 1 is 0.857 bits per heavy atom. The van der Waals surface area contributed by atoms with Gasteiger partial charge in [0, 0.05) is 28.7 Å². The van der Waals surface area contributed by atoms with E-state index in [1.807, 2.05) is 0 Å². The monoisotopic (exact) mass is 380 g/mol. The number of carbonyl (C=O) groups is 4. The number of Topliss-reactive ketones (excluding diaryl/α,β-unsaturated/α-hetero) is 2. The highest BCUT2D eigenvalue weighted by Gasteiger charge is 2.50. The molecule has 1 atom stereocenters. The summed E-state index contributed by atoms with van der Waals surface area (Å²) in [6.07, 6.45) is -0.526. The Labute approximate surface area is 159 Å². The summed E-state index contributed by atoms with van der Waals surface area (Å²) in [6.45, 7) is 3.17. The summed E-state index contributed by atoms with van der Waals surface area (Å²) in [6, 6.07) is 4.89. The van der Waals surface area contributed by atoms with Crippen molar-refractivity contribution in [2.24, 2.45) is 5.92 Å². The smallest absolute Gasteiger partial charge is 0.201 e. The van der Waals surface area contributed by atoms with Crippen LogP contribution in [0.5, 0.6) is 11.5 Å². The first kappa shape index (κ1) is 18.1. The first-order chi connectivity index (χ1) is 13.1. The molecular weight excluding hydrogens is 364 g/mol. The van der Waals surface area contributed by atoms with Crippen LogP contribution < -0.4 is 0 Å². The molecule has 2 aliphatic carbocycles. The van der Waals surface area contributed by atoms with Gasteiger partial charge in [0.15, 0.2) is 17.3 Å². The van der Waals surface area contributed by atoms with E-state index in [2.05, 4.69) is 0 Å². The van der Waals surface area contributed by atoms with E-state index in [1.165, 1.54) is 18.2 Å². The van der Waals surface area contributed by atoms with E-state index in [4.69, 9.17) is 0 Å². The van der Waals surface area contributed by atoms with Crippen LogP contribution >= 0.6 is 0 Å². The SMILES string of the molecule is CC(C)[C@@]1(O)CC(=O)c2c(cc(O)c3c2C(=O)c2cccc(O)c2C3=O)C1=O. The van der Waals surface area contributed by atoms with E-state index in [0.717, 1.165) is 6.07 Å². The van der Waals surface area contributed by atoms with E-state index < -0.39 is 58.1 Å². The van der Waals surface area contributed by atoms with Crippen molar-refractivity contribution in [3.8, 4) is 11.5 Å². The van der Waals surface area contributed by atoms with Gasteiger partial charge in [-0.05, 0) is 18.1 Å². The first-order valence-electron chi connectivity index (χ1n) is 8.71. The van der Waals surface area contributed by atoms with E-state index in [1.54, 1.807) is 13.8 Å². The number of hydrogen-bond acceptors (Lipinski definition) is 7. The number of rotatable bonds is 1. The van der Waals surface area contributed by atoms with Gasteiger partial charge in [-0.25, -0.2) is 0 Å². The third kappa shape index (κ3) is 2.07. The largest absolute Gasteiger partial charge is 0.507 e. The second-order valence-electron chi connectivity index (χ2n) is 7.43. The third-order valence-corrected chi connectivity index (χ3v) is 5.58. The summed E-state index contributed by atoms with van der Waals surface area (Å²) in [4.78, 5) is 51.7. The van der Waals surface area contributed by atoms with Gasteiger partial charge in [-0.3, -0.25) is 19.2 Å². The summed E-state index contributed by atoms with van der Waals surface area (Å²) < 4.78 is 0. The third-order valence-electron chi connectivity index (χ3n) is 5.58. The molecule has 0 bridgehead atoms. The lowest BCUT2D eigenvalue weighted by Gasteiger charge is -2.35. The molecule has 4 rings (SSSR count). The predicted molar refractivity (Wildman–Crippen MR) is 96.1 cm³/mol. The minimum Gasteiger partial charge on any atom is -0.507 e. The Balaban J connectivity index is 2.07. The Kier molecular flexibility index (Phi) is 3.61. The highest BCUT2D eigenvalue weighted by Crippen LogP contribution is 2.43. The summed E-state index contributed by atoms with van der Waals surface area (Å²) >= 11 is 0. The van der Waals surface area contributed by atoms with Crippen LogP contribution in [-0.2, 0) is 0 Å². The van der Waals surface area contributed by atoms with Crippen molar-refractivity contribution in [2.45, 2.75) is 25.9 Å². The molecule has 0 spiro atoms. The number of ketones is 4. The quantitative estimate of drug-likeness (QED) is 0.589. The lowest BCUT2D eigenvalue weighted by atomic mass is 9.69. The molecule has 142 valence electrons. The maximum atomic E-state index is 13.1. The molecule has 7 heteroatoms. The average molecular weight is 380 g/mol. The number of carbonyl (C=O) groups excluding carboxylic acids is 4. The van der Waals surface area contributed by atoms with E-state index in [0.29, 0.717) is 0 Å². The molecule has 3 N–H and O–H groups in total. The minimum absolute atomic E-state index is 0.116. The van der Waals surface area contributed by atoms with Gasteiger partial charge in [0.05, 0.1) is 11.1 Å². The van der Waals surface area contributed by atoms with Crippen molar-refractivity contribution >= 4 is 23.1 Å². The minimum atomic E-state index is -1.96. The van der Waals surface area contributed by atoms with Crippen molar-refractivity contribution in [3.63, 3.8) is 0 Å². The Morgan fingerprint density at radius 3 is 2.18 bits per heavy atom.